The molecule has 4 N–H and O–H groups in total. The Morgan fingerprint density at radius 3 is 2.32 bits per heavy atom. The largest absolute Gasteiger partial charge is 0.388 e. The first-order valence-corrected chi connectivity index (χ1v) is 6.36. The van der Waals surface area contributed by atoms with Crippen molar-refractivity contribution >= 4 is 11.8 Å². The van der Waals surface area contributed by atoms with Crippen molar-refractivity contribution in [3.63, 3.8) is 0 Å². The van der Waals surface area contributed by atoms with E-state index < -0.39 is 24.4 Å². The Hall–Kier alpha value is -1.18. The minimum absolute atomic E-state index is 0.00569. The fourth-order valence-electron chi connectivity index (χ4n) is 1.97. The van der Waals surface area contributed by atoms with E-state index in [1.165, 1.54) is 6.92 Å². The van der Waals surface area contributed by atoms with Crippen LogP contribution in [0.4, 0.5) is 0 Å². The monoisotopic (exact) mass is 274 g/mol. The second kappa shape index (κ2) is 6.83. The highest BCUT2D eigenvalue weighted by Crippen LogP contribution is 2.23. The maximum absolute atomic E-state index is 11.6. The van der Waals surface area contributed by atoms with Crippen molar-refractivity contribution in [1.82, 2.24) is 10.6 Å². The summed E-state index contributed by atoms with van der Waals surface area (Å²) in [5, 5.41) is 24.8. The average molecular weight is 274 g/mol. The van der Waals surface area contributed by atoms with E-state index >= 15 is 0 Å². The zero-order valence-corrected chi connectivity index (χ0v) is 11.4. The van der Waals surface area contributed by atoms with Gasteiger partial charge in [0.25, 0.3) is 0 Å². The molecule has 2 amide bonds. The van der Waals surface area contributed by atoms with Crippen LogP contribution in [0.2, 0.25) is 0 Å². The van der Waals surface area contributed by atoms with Gasteiger partial charge in [0.2, 0.25) is 11.8 Å². The molecule has 0 spiro atoms. The smallest absolute Gasteiger partial charge is 0.222 e. The predicted molar refractivity (Wildman–Crippen MR) is 67.3 cm³/mol. The summed E-state index contributed by atoms with van der Waals surface area (Å²) in [4.78, 5) is 22.4. The lowest BCUT2D eigenvalue weighted by molar-refractivity contribution is -0.126. The summed E-state index contributed by atoms with van der Waals surface area (Å²) in [6, 6.07) is 0.00569. The molecule has 19 heavy (non-hydrogen) atoms. The number of aliphatic hydroxyl groups excluding tert-OH is 2. The molecule has 1 aliphatic rings. The first kappa shape index (κ1) is 15.9. The predicted octanol–water partition coefficient (Wildman–Crippen LogP) is -1.47. The summed E-state index contributed by atoms with van der Waals surface area (Å²) in [7, 11) is 0. The molecule has 1 saturated heterocycles. The average Bonchev–Trinajstić information content (AvgIpc) is 2.53. The van der Waals surface area contributed by atoms with Gasteiger partial charge in [0.15, 0.2) is 0 Å². The molecule has 0 saturated carbocycles. The highest BCUT2D eigenvalue weighted by atomic mass is 16.5. The first-order valence-electron chi connectivity index (χ1n) is 6.36. The molecule has 0 aliphatic carbocycles. The molecule has 1 heterocycles. The normalized spacial score (nSPS) is 30.4. The SMILES string of the molecule is CC(=O)NC[C@H]1O[C@@H](CC(=O)NC(C)C)[C@H](O)[C@@H]1O. The van der Waals surface area contributed by atoms with E-state index in [1.54, 1.807) is 0 Å². The van der Waals surface area contributed by atoms with Crippen LogP contribution < -0.4 is 10.6 Å². The van der Waals surface area contributed by atoms with E-state index in [9.17, 15) is 19.8 Å². The Balaban J connectivity index is 2.48. The summed E-state index contributed by atoms with van der Waals surface area (Å²) < 4.78 is 5.41. The van der Waals surface area contributed by atoms with Crippen molar-refractivity contribution < 1.29 is 24.5 Å². The lowest BCUT2D eigenvalue weighted by atomic mass is 10.1. The van der Waals surface area contributed by atoms with Crippen LogP contribution in [0.15, 0.2) is 0 Å². The molecule has 7 nitrogen and oxygen atoms in total. The highest BCUT2D eigenvalue weighted by molar-refractivity contribution is 5.76. The third kappa shape index (κ3) is 4.77. The molecule has 7 heteroatoms. The molecule has 1 rings (SSSR count). The van der Waals surface area contributed by atoms with Crippen molar-refractivity contribution in [2.24, 2.45) is 0 Å². The van der Waals surface area contributed by atoms with Crippen molar-refractivity contribution in [3.05, 3.63) is 0 Å². The molecule has 0 radical (unpaired) electrons. The van der Waals surface area contributed by atoms with Crippen LogP contribution in [0, 0.1) is 0 Å². The van der Waals surface area contributed by atoms with E-state index in [1.807, 2.05) is 13.8 Å². The Morgan fingerprint density at radius 1 is 1.21 bits per heavy atom. The van der Waals surface area contributed by atoms with Gasteiger partial charge in [0, 0.05) is 19.5 Å². The highest BCUT2D eigenvalue weighted by Gasteiger charge is 2.43. The van der Waals surface area contributed by atoms with E-state index in [0.717, 1.165) is 0 Å². The molecule has 0 bridgehead atoms. The lowest BCUT2D eigenvalue weighted by Gasteiger charge is -2.15. The van der Waals surface area contributed by atoms with Crippen molar-refractivity contribution in [2.75, 3.05) is 6.54 Å². The van der Waals surface area contributed by atoms with Gasteiger partial charge in [-0.15, -0.1) is 0 Å². The fourth-order valence-corrected chi connectivity index (χ4v) is 1.97. The zero-order chi connectivity index (χ0) is 14.6. The Labute approximate surface area is 112 Å². The third-order valence-corrected chi connectivity index (χ3v) is 2.85. The summed E-state index contributed by atoms with van der Waals surface area (Å²) in [5.41, 5.74) is 0. The van der Waals surface area contributed by atoms with Crippen LogP contribution >= 0.6 is 0 Å². The van der Waals surface area contributed by atoms with E-state index in [4.69, 9.17) is 4.74 Å². The summed E-state index contributed by atoms with van der Waals surface area (Å²) in [5.74, 6) is -0.488. The van der Waals surface area contributed by atoms with Crippen LogP contribution in [-0.2, 0) is 14.3 Å². The molecule has 1 aliphatic heterocycles. The third-order valence-electron chi connectivity index (χ3n) is 2.85. The van der Waals surface area contributed by atoms with Crippen LogP contribution in [-0.4, -0.2) is 59.0 Å². The van der Waals surface area contributed by atoms with Gasteiger partial charge >= 0.3 is 0 Å². The first-order chi connectivity index (χ1) is 8.81. The van der Waals surface area contributed by atoms with Gasteiger partial charge in [-0.25, -0.2) is 0 Å². The van der Waals surface area contributed by atoms with Gasteiger partial charge in [-0.2, -0.15) is 0 Å². The quantitative estimate of drug-likeness (QED) is 0.489. The van der Waals surface area contributed by atoms with Crippen LogP contribution in [0.1, 0.15) is 27.2 Å². The van der Waals surface area contributed by atoms with Crippen molar-refractivity contribution in [1.29, 1.82) is 0 Å². The van der Waals surface area contributed by atoms with Gasteiger partial charge < -0.3 is 25.6 Å². The number of hydrogen-bond acceptors (Lipinski definition) is 5. The molecule has 4 atom stereocenters. The molecular formula is C12H22N2O5. The number of nitrogens with one attached hydrogen (secondary N) is 2. The van der Waals surface area contributed by atoms with Gasteiger partial charge in [0.1, 0.15) is 18.3 Å². The topological polar surface area (TPSA) is 108 Å². The van der Waals surface area contributed by atoms with Gasteiger partial charge in [-0.05, 0) is 13.8 Å². The molecule has 0 aromatic carbocycles. The lowest BCUT2D eigenvalue weighted by Crippen LogP contribution is -2.39. The molecule has 0 aromatic rings. The number of carbonyl (C=O) groups excluding carboxylic acids is 2. The zero-order valence-electron chi connectivity index (χ0n) is 11.4. The summed E-state index contributed by atoms with van der Waals surface area (Å²) in [6.07, 6.45) is -3.71. The van der Waals surface area contributed by atoms with Crippen LogP contribution in [0.25, 0.3) is 0 Å². The minimum Gasteiger partial charge on any atom is -0.388 e. The molecule has 110 valence electrons. The maximum Gasteiger partial charge on any atom is 0.222 e. The van der Waals surface area contributed by atoms with Crippen molar-refractivity contribution in [3.8, 4) is 0 Å². The molecule has 1 fully saturated rings. The molecule has 0 unspecified atom stereocenters. The van der Waals surface area contributed by atoms with E-state index in [-0.39, 0.29) is 30.8 Å². The second-order valence-electron chi connectivity index (χ2n) is 5.06. The number of amides is 2. The van der Waals surface area contributed by atoms with E-state index in [2.05, 4.69) is 10.6 Å². The van der Waals surface area contributed by atoms with Gasteiger partial charge in [-0.3, -0.25) is 9.59 Å². The standard InChI is InChI=1S/C12H22N2O5/c1-6(2)14-10(16)4-8-11(17)12(18)9(19-8)5-13-7(3)15/h6,8-9,11-12,17-18H,4-5H2,1-3H3,(H,13,15)(H,14,16)/t8-,9+,11-,12+/m0/s1. The Morgan fingerprint density at radius 2 is 1.79 bits per heavy atom. The number of hydrogen-bond donors (Lipinski definition) is 4. The van der Waals surface area contributed by atoms with Gasteiger partial charge in [0.05, 0.1) is 12.5 Å². The Bertz CT molecular complexity index is 334. The maximum atomic E-state index is 11.6. The van der Waals surface area contributed by atoms with Crippen LogP contribution in [0.5, 0.6) is 0 Å². The number of aliphatic hydroxyl groups is 2. The van der Waals surface area contributed by atoms with Gasteiger partial charge in [-0.1, -0.05) is 0 Å². The minimum atomic E-state index is -1.13. The van der Waals surface area contributed by atoms with Crippen LogP contribution in [0.3, 0.4) is 0 Å². The molecule has 0 aromatic heterocycles. The summed E-state index contributed by atoms with van der Waals surface area (Å²) >= 11 is 0. The number of ether oxygens (including phenoxy) is 1. The molecular weight excluding hydrogens is 252 g/mol. The summed E-state index contributed by atoms with van der Waals surface area (Å²) in [6.45, 7) is 5.12. The van der Waals surface area contributed by atoms with E-state index in [0.29, 0.717) is 0 Å². The Kier molecular flexibility index (Phi) is 5.71. The van der Waals surface area contributed by atoms with Crippen molar-refractivity contribution in [2.45, 2.75) is 57.6 Å². The fraction of sp³-hybridized carbons (Fsp3) is 0.833. The number of rotatable bonds is 5. The number of carbonyl (C=O) groups is 2. The second-order valence-corrected chi connectivity index (χ2v) is 5.06.